The minimum absolute atomic E-state index is 0.109. The number of nitrogens with one attached hydrogen (secondary N) is 1. The van der Waals surface area contributed by atoms with E-state index in [2.05, 4.69) is 12.2 Å². The van der Waals surface area contributed by atoms with Crippen LogP contribution >= 0.6 is 0 Å². The van der Waals surface area contributed by atoms with Crippen LogP contribution in [-0.4, -0.2) is 31.8 Å². The van der Waals surface area contributed by atoms with Crippen molar-refractivity contribution in [3.8, 4) is 0 Å². The van der Waals surface area contributed by atoms with Gasteiger partial charge in [-0.1, -0.05) is 39.5 Å². The van der Waals surface area contributed by atoms with E-state index < -0.39 is 0 Å². The molecule has 0 saturated heterocycles. The molecule has 0 rings (SSSR count). The Morgan fingerprint density at radius 3 is 2.29 bits per heavy atom. The average Bonchev–Trinajstić information content (AvgIpc) is 2.48. The summed E-state index contributed by atoms with van der Waals surface area (Å²) >= 11 is 0. The summed E-state index contributed by atoms with van der Waals surface area (Å²) in [5.41, 5.74) is 0. The molecule has 0 aromatic heterocycles. The first-order valence-electron chi connectivity index (χ1n) is 8.27. The van der Waals surface area contributed by atoms with Gasteiger partial charge in [-0.25, -0.2) is 4.79 Å². The van der Waals surface area contributed by atoms with Crippen molar-refractivity contribution in [2.24, 2.45) is 0 Å². The molecule has 0 heterocycles. The van der Waals surface area contributed by atoms with Crippen LogP contribution in [0.2, 0.25) is 0 Å². The molecule has 1 amide bonds. The summed E-state index contributed by atoms with van der Waals surface area (Å²) in [5, 5.41) is 2.68. The molecule has 0 fully saturated rings. The minimum atomic E-state index is -0.358. The van der Waals surface area contributed by atoms with E-state index in [9.17, 15) is 9.59 Å². The number of esters is 1. The Kier molecular flexibility index (Phi) is 14.2. The molecule has 124 valence electrons. The van der Waals surface area contributed by atoms with Crippen molar-refractivity contribution in [1.29, 1.82) is 0 Å². The van der Waals surface area contributed by atoms with E-state index in [0.717, 1.165) is 38.5 Å². The highest BCUT2D eigenvalue weighted by Gasteiger charge is 2.03. The molecule has 5 nitrogen and oxygen atoms in total. The van der Waals surface area contributed by atoms with Gasteiger partial charge >= 0.3 is 12.1 Å². The van der Waals surface area contributed by atoms with E-state index in [-0.39, 0.29) is 12.1 Å². The Balaban J connectivity index is 3.26. The van der Waals surface area contributed by atoms with Gasteiger partial charge in [0.15, 0.2) is 0 Å². The van der Waals surface area contributed by atoms with Crippen LogP contribution < -0.4 is 5.32 Å². The molecule has 21 heavy (non-hydrogen) atoms. The smallest absolute Gasteiger partial charge is 0.407 e. The highest BCUT2D eigenvalue weighted by atomic mass is 16.5. The molecule has 0 aliphatic heterocycles. The molecule has 5 heteroatoms. The van der Waals surface area contributed by atoms with Crippen LogP contribution in [0.5, 0.6) is 0 Å². The van der Waals surface area contributed by atoms with Crippen LogP contribution in [0.4, 0.5) is 4.79 Å². The zero-order valence-corrected chi connectivity index (χ0v) is 13.6. The molecule has 1 N–H and O–H groups in total. The van der Waals surface area contributed by atoms with E-state index in [4.69, 9.17) is 9.47 Å². The molecular weight excluding hydrogens is 270 g/mol. The first kappa shape index (κ1) is 19.7. The summed E-state index contributed by atoms with van der Waals surface area (Å²) < 4.78 is 10.0. The van der Waals surface area contributed by atoms with Gasteiger partial charge < -0.3 is 14.8 Å². The number of hydrogen-bond acceptors (Lipinski definition) is 4. The van der Waals surface area contributed by atoms with Crippen LogP contribution in [0.3, 0.4) is 0 Å². The van der Waals surface area contributed by atoms with Crippen LogP contribution in [0.1, 0.15) is 71.6 Å². The van der Waals surface area contributed by atoms with E-state index in [1.165, 1.54) is 12.8 Å². The zero-order valence-electron chi connectivity index (χ0n) is 13.6. The van der Waals surface area contributed by atoms with Crippen molar-refractivity contribution in [2.45, 2.75) is 71.6 Å². The van der Waals surface area contributed by atoms with Crippen LogP contribution in [0.15, 0.2) is 0 Å². The molecule has 0 aromatic carbocycles. The molecule has 0 aliphatic rings. The first-order valence-corrected chi connectivity index (χ1v) is 8.27. The quantitative estimate of drug-likeness (QED) is 0.415. The van der Waals surface area contributed by atoms with Crippen LogP contribution in [-0.2, 0) is 14.3 Å². The third-order valence-corrected chi connectivity index (χ3v) is 3.03. The zero-order chi connectivity index (χ0) is 15.8. The van der Waals surface area contributed by atoms with Crippen molar-refractivity contribution in [3.05, 3.63) is 0 Å². The normalized spacial score (nSPS) is 10.2. The number of unbranched alkanes of at least 4 members (excludes halogenated alkanes) is 5. The summed E-state index contributed by atoms with van der Waals surface area (Å²) in [4.78, 5) is 22.6. The third kappa shape index (κ3) is 15.0. The first-order chi connectivity index (χ1) is 10.2. The van der Waals surface area contributed by atoms with E-state index in [1.54, 1.807) is 0 Å². The largest absolute Gasteiger partial charge is 0.466 e. The lowest BCUT2D eigenvalue weighted by Gasteiger charge is -2.06. The SMILES string of the molecule is CCCCCCOC(=O)CCCCCNC(=O)OCCC. The Bertz CT molecular complexity index is 269. The Morgan fingerprint density at radius 1 is 0.810 bits per heavy atom. The van der Waals surface area contributed by atoms with Crippen molar-refractivity contribution >= 4 is 12.1 Å². The second kappa shape index (κ2) is 15.1. The maximum Gasteiger partial charge on any atom is 0.407 e. The summed E-state index contributed by atoms with van der Waals surface area (Å²) in [5.74, 6) is -0.109. The lowest BCUT2D eigenvalue weighted by Crippen LogP contribution is -2.25. The van der Waals surface area contributed by atoms with Crippen molar-refractivity contribution in [1.82, 2.24) is 5.32 Å². The van der Waals surface area contributed by atoms with E-state index in [1.807, 2.05) is 6.92 Å². The molecule has 0 spiro atoms. The Hall–Kier alpha value is -1.26. The molecule has 0 unspecified atom stereocenters. The van der Waals surface area contributed by atoms with Gasteiger partial charge in [0.05, 0.1) is 13.2 Å². The highest BCUT2D eigenvalue weighted by Crippen LogP contribution is 2.03. The summed E-state index contributed by atoms with van der Waals surface area (Å²) in [6, 6.07) is 0. The number of carbonyl (C=O) groups excluding carboxylic acids is 2. The molecule has 0 aliphatic carbocycles. The predicted octanol–water partition coefficient (Wildman–Crippen LogP) is 3.81. The maximum absolute atomic E-state index is 11.4. The van der Waals surface area contributed by atoms with Crippen LogP contribution in [0.25, 0.3) is 0 Å². The van der Waals surface area contributed by atoms with Crippen LogP contribution in [0, 0.1) is 0 Å². The number of rotatable bonds is 13. The maximum atomic E-state index is 11.4. The standard InChI is InChI=1S/C16H31NO4/c1-3-5-6-10-14-20-15(18)11-8-7-9-12-17-16(19)21-13-4-2/h3-14H2,1-2H3,(H,17,19). The second-order valence-corrected chi connectivity index (χ2v) is 5.15. The Labute approximate surface area is 128 Å². The molecule has 0 atom stereocenters. The highest BCUT2D eigenvalue weighted by molar-refractivity contribution is 5.69. The second-order valence-electron chi connectivity index (χ2n) is 5.15. The summed E-state index contributed by atoms with van der Waals surface area (Å²) in [6.07, 6.45) is 7.97. The predicted molar refractivity (Wildman–Crippen MR) is 83.2 cm³/mol. The number of hydrogen-bond donors (Lipinski definition) is 1. The van der Waals surface area contributed by atoms with Gasteiger partial charge in [-0.3, -0.25) is 4.79 Å². The molecule has 0 bridgehead atoms. The summed E-state index contributed by atoms with van der Waals surface area (Å²) in [7, 11) is 0. The fourth-order valence-electron chi connectivity index (χ4n) is 1.79. The topological polar surface area (TPSA) is 64.6 Å². The molecular formula is C16H31NO4. The van der Waals surface area contributed by atoms with Gasteiger partial charge in [0.2, 0.25) is 0 Å². The molecule has 0 radical (unpaired) electrons. The number of carbonyl (C=O) groups is 2. The number of amides is 1. The van der Waals surface area contributed by atoms with Gasteiger partial charge in [-0.2, -0.15) is 0 Å². The van der Waals surface area contributed by atoms with Crippen molar-refractivity contribution in [3.63, 3.8) is 0 Å². The van der Waals surface area contributed by atoms with E-state index >= 15 is 0 Å². The minimum Gasteiger partial charge on any atom is -0.466 e. The lowest BCUT2D eigenvalue weighted by atomic mass is 10.2. The average molecular weight is 301 g/mol. The molecule has 0 aromatic rings. The fraction of sp³-hybridized carbons (Fsp3) is 0.875. The van der Waals surface area contributed by atoms with E-state index in [0.29, 0.717) is 26.2 Å². The number of alkyl carbamates (subject to hydrolysis) is 1. The van der Waals surface area contributed by atoms with Gasteiger partial charge in [-0.05, 0) is 25.7 Å². The monoisotopic (exact) mass is 301 g/mol. The third-order valence-electron chi connectivity index (χ3n) is 3.03. The van der Waals surface area contributed by atoms with Gasteiger partial charge in [0.25, 0.3) is 0 Å². The van der Waals surface area contributed by atoms with Crippen molar-refractivity contribution < 1.29 is 19.1 Å². The molecule has 0 saturated carbocycles. The Morgan fingerprint density at radius 2 is 1.57 bits per heavy atom. The van der Waals surface area contributed by atoms with Gasteiger partial charge in [-0.15, -0.1) is 0 Å². The fourth-order valence-corrected chi connectivity index (χ4v) is 1.79. The number of ether oxygens (including phenoxy) is 2. The summed E-state index contributed by atoms with van der Waals surface area (Å²) in [6.45, 7) is 5.70. The lowest BCUT2D eigenvalue weighted by molar-refractivity contribution is -0.143. The van der Waals surface area contributed by atoms with Gasteiger partial charge in [0.1, 0.15) is 0 Å². The van der Waals surface area contributed by atoms with Crippen molar-refractivity contribution in [2.75, 3.05) is 19.8 Å². The van der Waals surface area contributed by atoms with Gasteiger partial charge in [0, 0.05) is 13.0 Å².